The van der Waals surface area contributed by atoms with E-state index in [9.17, 15) is 9.59 Å². The number of carbonyl (C=O) groups is 2. The quantitative estimate of drug-likeness (QED) is 0.847. The van der Waals surface area contributed by atoms with Crippen molar-refractivity contribution in [3.8, 4) is 5.75 Å². The standard InChI is InChI=1S/C16H16N2O4S/c1-22-13-5-3-2-4-9(13)10-6-11(10)15(19)17-7-14-18-12(8-23-14)16(20)21/h2-5,8,10-11H,6-7H2,1H3,(H,17,19)(H,20,21). The van der Waals surface area contributed by atoms with Gasteiger partial charge in [0.15, 0.2) is 5.69 Å². The van der Waals surface area contributed by atoms with E-state index in [2.05, 4.69) is 10.3 Å². The number of hydrogen-bond acceptors (Lipinski definition) is 5. The number of carbonyl (C=O) groups excluding carboxylic acids is 1. The Labute approximate surface area is 137 Å². The highest BCUT2D eigenvalue weighted by atomic mass is 32.1. The van der Waals surface area contributed by atoms with E-state index >= 15 is 0 Å². The summed E-state index contributed by atoms with van der Waals surface area (Å²) in [5.41, 5.74) is 1.06. The molecule has 1 heterocycles. The van der Waals surface area contributed by atoms with E-state index in [-0.39, 0.29) is 30.0 Å². The van der Waals surface area contributed by atoms with Crippen LogP contribution in [0.15, 0.2) is 29.6 Å². The molecule has 3 rings (SSSR count). The van der Waals surface area contributed by atoms with E-state index in [4.69, 9.17) is 9.84 Å². The minimum atomic E-state index is -1.06. The lowest BCUT2D eigenvalue weighted by atomic mass is 10.1. The van der Waals surface area contributed by atoms with Gasteiger partial charge in [0.25, 0.3) is 0 Å². The zero-order chi connectivity index (χ0) is 16.4. The highest BCUT2D eigenvalue weighted by molar-refractivity contribution is 7.09. The van der Waals surface area contributed by atoms with Crippen LogP contribution in [0.2, 0.25) is 0 Å². The topological polar surface area (TPSA) is 88.5 Å². The molecule has 6 nitrogen and oxygen atoms in total. The van der Waals surface area contributed by atoms with E-state index in [0.29, 0.717) is 5.01 Å². The Hall–Kier alpha value is -2.41. The molecule has 0 aliphatic heterocycles. The van der Waals surface area contributed by atoms with Crippen LogP contribution in [0.5, 0.6) is 5.75 Å². The Bertz CT molecular complexity index is 743. The molecule has 1 amide bonds. The Morgan fingerprint density at radius 2 is 2.22 bits per heavy atom. The summed E-state index contributed by atoms with van der Waals surface area (Å²) in [6, 6.07) is 7.72. The fraction of sp³-hybridized carbons (Fsp3) is 0.312. The number of rotatable bonds is 6. The van der Waals surface area contributed by atoms with Crippen LogP contribution in [-0.2, 0) is 11.3 Å². The van der Waals surface area contributed by atoms with Gasteiger partial charge in [0.1, 0.15) is 10.8 Å². The molecule has 1 fully saturated rings. The SMILES string of the molecule is COc1ccccc1C1CC1C(=O)NCc1nc(C(=O)O)cs1. The van der Waals surface area contributed by atoms with E-state index in [1.54, 1.807) is 7.11 Å². The van der Waals surface area contributed by atoms with Crippen LogP contribution >= 0.6 is 11.3 Å². The predicted octanol–water partition coefficient (Wildman–Crippen LogP) is 2.27. The molecular weight excluding hydrogens is 316 g/mol. The van der Waals surface area contributed by atoms with Crippen LogP contribution in [0.4, 0.5) is 0 Å². The molecule has 1 saturated carbocycles. The number of carboxylic acids is 1. The van der Waals surface area contributed by atoms with Gasteiger partial charge in [-0.3, -0.25) is 4.79 Å². The zero-order valence-corrected chi connectivity index (χ0v) is 13.3. The van der Waals surface area contributed by atoms with Crippen molar-refractivity contribution in [3.63, 3.8) is 0 Å². The molecule has 2 unspecified atom stereocenters. The highest BCUT2D eigenvalue weighted by Gasteiger charge is 2.45. The molecular formula is C16H16N2O4S. The second-order valence-electron chi connectivity index (χ2n) is 5.34. The first-order valence-electron chi connectivity index (χ1n) is 7.18. The molecule has 1 aliphatic rings. The first-order chi connectivity index (χ1) is 11.1. The average molecular weight is 332 g/mol. The van der Waals surface area contributed by atoms with Gasteiger partial charge in [0, 0.05) is 11.3 Å². The van der Waals surface area contributed by atoms with Gasteiger partial charge in [-0.05, 0) is 24.0 Å². The number of nitrogens with one attached hydrogen (secondary N) is 1. The molecule has 2 N–H and O–H groups in total. The molecule has 1 aromatic heterocycles. The van der Waals surface area contributed by atoms with Crippen LogP contribution in [0.1, 0.15) is 33.4 Å². The summed E-state index contributed by atoms with van der Waals surface area (Å²) >= 11 is 1.23. The summed E-state index contributed by atoms with van der Waals surface area (Å²) in [5, 5.41) is 13.7. The number of hydrogen-bond donors (Lipinski definition) is 2. The normalized spacial score (nSPS) is 19.2. The van der Waals surface area contributed by atoms with Gasteiger partial charge in [0.05, 0.1) is 13.7 Å². The smallest absolute Gasteiger partial charge is 0.355 e. The van der Waals surface area contributed by atoms with Crippen molar-refractivity contribution in [1.29, 1.82) is 0 Å². The number of para-hydroxylation sites is 1. The number of methoxy groups -OCH3 is 1. The van der Waals surface area contributed by atoms with Gasteiger partial charge in [-0.1, -0.05) is 18.2 Å². The predicted molar refractivity (Wildman–Crippen MR) is 84.8 cm³/mol. The second kappa shape index (κ2) is 6.37. The summed E-state index contributed by atoms with van der Waals surface area (Å²) in [7, 11) is 1.62. The van der Waals surface area contributed by atoms with Gasteiger partial charge >= 0.3 is 5.97 Å². The maximum absolute atomic E-state index is 12.2. The molecule has 2 atom stereocenters. The lowest BCUT2D eigenvalue weighted by Gasteiger charge is -2.07. The van der Waals surface area contributed by atoms with Crippen molar-refractivity contribution in [1.82, 2.24) is 10.3 Å². The summed E-state index contributed by atoms with van der Waals surface area (Å²) in [6.45, 7) is 0.256. The number of ether oxygens (including phenoxy) is 1. The molecule has 120 valence electrons. The lowest BCUT2D eigenvalue weighted by Crippen LogP contribution is -2.24. The fourth-order valence-corrected chi connectivity index (χ4v) is 3.29. The van der Waals surface area contributed by atoms with Crippen LogP contribution in [0.3, 0.4) is 0 Å². The van der Waals surface area contributed by atoms with Crippen molar-refractivity contribution in [2.75, 3.05) is 7.11 Å². The van der Waals surface area contributed by atoms with Gasteiger partial charge in [-0.15, -0.1) is 11.3 Å². The van der Waals surface area contributed by atoms with E-state index < -0.39 is 5.97 Å². The molecule has 1 aromatic carbocycles. The zero-order valence-electron chi connectivity index (χ0n) is 12.5. The monoisotopic (exact) mass is 332 g/mol. The summed E-state index contributed by atoms with van der Waals surface area (Å²) < 4.78 is 5.33. The van der Waals surface area contributed by atoms with Gasteiger partial charge < -0.3 is 15.2 Å². The number of aromatic nitrogens is 1. The highest BCUT2D eigenvalue weighted by Crippen LogP contribution is 2.50. The van der Waals surface area contributed by atoms with Crippen molar-refractivity contribution >= 4 is 23.2 Å². The largest absolute Gasteiger partial charge is 0.496 e. The van der Waals surface area contributed by atoms with E-state index in [1.807, 2.05) is 24.3 Å². The van der Waals surface area contributed by atoms with Crippen molar-refractivity contribution in [2.24, 2.45) is 5.92 Å². The second-order valence-corrected chi connectivity index (χ2v) is 6.28. The number of amides is 1. The van der Waals surface area contributed by atoms with Crippen LogP contribution in [0, 0.1) is 5.92 Å². The fourth-order valence-electron chi connectivity index (χ4n) is 2.59. The van der Waals surface area contributed by atoms with E-state index in [1.165, 1.54) is 16.7 Å². The number of nitrogens with zero attached hydrogens (tertiary/aromatic N) is 1. The summed E-state index contributed by atoms with van der Waals surface area (Å²) in [5.74, 6) is -0.175. The summed E-state index contributed by atoms with van der Waals surface area (Å²) in [6.07, 6.45) is 0.796. The number of benzene rings is 1. The minimum Gasteiger partial charge on any atom is -0.496 e. The van der Waals surface area contributed by atoms with Gasteiger partial charge in [-0.25, -0.2) is 9.78 Å². The third-order valence-electron chi connectivity index (χ3n) is 3.85. The van der Waals surface area contributed by atoms with Crippen molar-refractivity contribution < 1.29 is 19.4 Å². The molecule has 23 heavy (non-hydrogen) atoms. The first-order valence-corrected chi connectivity index (χ1v) is 8.06. The lowest BCUT2D eigenvalue weighted by molar-refractivity contribution is -0.122. The van der Waals surface area contributed by atoms with Gasteiger partial charge in [-0.2, -0.15) is 0 Å². The Morgan fingerprint density at radius 1 is 1.43 bits per heavy atom. The van der Waals surface area contributed by atoms with E-state index in [0.717, 1.165) is 17.7 Å². The Balaban J connectivity index is 1.57. The number of aromatic carboxylic acids is 1. The molecule has 2 aromatic rings. The first kappa shape index (κ1) is 15.5. The third-order valence-corrected chi connectivity index (χ3v) is 4.70. The van der Waals surface area contributed by atoms with Crippen LogP contribution in [0.25, 0.3) is 0 Å². The van der Waals surface area contributed by atoms with Crippen molar-refractivity contribution in [3.05, 3.63) is 45.9 Å². The average Bonchev–Trinajstić information content (AvgIpc) is 3.21. The van der Waals surface area contributed by atoms with Gasteiger partial charge in [0.2, 0.25) is 5.91 Å². The third kappa shape index (κ3) is 3.34. The van der Waals surface area contributed by atoms with Crippen molar-refractivity contribution in [2.45, 2.75) is 18.9 Å². The number of carboxylic acid groups (broad SMARTS) is 1. The molecule has 7 heteroatoms. The molecule has 0 spiro atoms. The molecule has 0 radical (unpaired) electrons. The maximum Gasteiger partial charge on any atom is 0.355 e. The minimum absolute atomic E-state index is 0.0116. The molecule has 0 bridgehead atoms. The number of thiazole rings is 1. The molecule has 1 aliphatic carbocycles. The van der Waals surface area contributed by atoms with Crippen LogP contribution < -0.4 is 10.1 Å². The molecule has 0 saturated heterocycles. The Kier molecular flexibility index (Phi) is 4.29. The van der Waals surface area contributed by atoms with Crippen LogP contribution in [-0.4, -0.2) is 29.1 Å². The Morgan fingerprint density at radius 3 is 2.91 bits per heavy atom. The maximum atomic E-state index is 12.2. The summed E-state index contributed by atoms with van der Waals surface area (Å²) in [4.78, 5) is 26.9.